The molecule has 0 aliphatic carbocycles. The Kier molecular flexibility index (Phi) is 5.80. The van der Waals surface area contributed by atoms with E-state index in [9.17, 15) is 0 Å². The fourth-order valence-corrected chi connectivity index (χ4v) is 1.85. The molecule has 0 bridgehead atoms. The van der Waals surface area contributed by atoms with Crippen LogP contribution in [0.4, 0.5) is 0 Å². The van der Waals surface area contributed by atoms with Crippen molar-refractivity contribution in [1.29, 1.82) is 0 Å². The van der Waals surface area contributed by atoms with Gasteiger partial charge in [0.2, 0.25) is 0 Å². The van der Waals surface area contributed by atoms with E-state index in [0.29, 0.717) is 13.2 Å². The zero-order valence-electron chi connectivity index (χ0n) is 10.8. The summed E-state index contributed by atoms with van der Waals surface area (Å²) in [6, 6.07) is 4.06. The lowest BCUT2D eigenvalue weighted by atomic mass is 10.0. The summed E-state index contributed by atoms with van der Waals surface area (Å²) in [6.07, 6.45) is 1.83. The predicted molar refractivity (Wildman–Crippen MR) is 67.6 cm³/mol. The first kappa shape index (κ1) is 13.8. The molecule has 4 nitrogen and oxygen atoms in total. The van der Waals surface area contributed by atoms with Gasteiger partial charge in [0.15, 0.2) is 11.5 Å². The number of ether oxygens (including phenoxy) is 3. The van der Waals surface area contributed by atoms with Crippen molar-refractivity contribution in [2.45, 2.75) is 19.4 Å². The molecular formula is C13H21NO3. The molecule has 0 amide bonds. The second-order valence-electron chi connectivity index (χ2n) is 3.78. The first-order chi connectivity index (χ1) is 8.28. The maximum atomic E-state index is 5.52. The van der Waals surface area contributed by atoms with E-state index < -0.39 is 0 Å². The fourth-order valence-electron chi connectivity index (χ4n) is 1.85. The maximum absolute atomic E-state index is 5.52. The molecule has 4 heteroatoms. The Bertz CT molecular complexity index is 353. The van der Waals surface area contributed by atoms with Gasteiger partial charge in [-0.25, -0.2) is 0 Å². The minimum atomic E-state index is 0.511. The van der Waals surface area contributed by atoms with Gasteiger partial charge < -0.3 is 19.9 Å². The third-order valence-corrected chi connectivity index (χ3v) is 2.63. The van der Waals surface area contributed by atoms with Gasteiger partial charge in [0.1, 0.15) is 0 Å². The first-order valence-electron chi connectivity index (χ1n) is 5.70. The van der Waals surface area contributed by atoms with Crippen LogP contribution in [0.25, 0.3) is 0 Å². The highest BCUT2D eigenvalue weighted by molar-refractivity contribution is 5.52. The summed E-state index contributed by atoms with van der Waals surface area (Å²) in [5.41, 5.74) is 7.63. The average Bonchev–Trinajstić information content (AvgIpc) is 2.36. The van der Waals surface area contributed by atoms with E-state index >= 15 is 0 Å². The number of methoxy groups -OCH3 is 3. The summed E-state index contributed by atoms with van der Waals surface area (Å²) in [5.74, 6) is 1.54. The Hall–Kier alpha value is -1.26. The van der Waals surface area contributed by atoms with Gasteiger partial charge in [-0.05, 0) is 24.9 Å². The van der Waals surface area contributed by atoms with Crippen molar-refractivity contribution in [3.63, 3.8) is 0 Å². The van der Waals surface area contributed by atoms with Crippen LogP contribution in [0.3, 0.4) is 0 Å². The Morgan fingerprint density at radius 3 is 2.12 bits per heavy atom. The van der Waals surface area contributed by atoms with Crippen LogP contribution < -0.4 is 15.2 Å². The van der Waals surface area contributed by atoms with Gasteiger partial charge in [0, 0.05) is 12.7 Å². The van der Waals surface area contributed by atoms with Crippen LogP contribution >= 0.6 is 0 Å². The Labute approximate surface area is 103 Å². The minimum Gasteiger partial charge on any atom is -0.493 e. The molecule has 0 heterocycles. The van der Waals surface area contributed by atoms with Crippen LogP contribution in [0.5, 0.6) is 11.5 Å². The Morgan fingerprint density at radius 2 is 1.59 bits per heavy atom. The van der Waals surface area contributed by atoms with Crippen LogP contribution in [0.2, 0.25) is 0 Å². The molecule has 0 unspecified atom stereocenters. The molecule has 0 fully saturated rings. The number of hydrogen-bond donors (Lipinski definition) is 1. The molecule has 2 N–H and O–H groups in total. The van der Waals surface area contributed by atoms with Crippen molar-refractivity contribution in [2.75, 3.05) is 27.9 Å². The summed E-state index contributed by atoms with van der Waals surface area (Å²) in [5, 5.41) is 0. The van der Waals surface area contributed by atoms with E-state index in [1.54, 1.807) is 21.3 Å². The number of rotatable bonds is 7. The van der Waals surface area contributed by atoms with Gasteiger partial charge in [-0.1, -0.05) is 12.1 Å². The van der Waals surface area contributed by atoms with Gasteiger partial charge in [-0.2, -0.15) is 0 Å². The molecule has 17 heavy (non-hydrogen) atoms. The monoisotopic (exact) mass is 239 g/mol. The van der Waals surface area contributed by atoms with Crippen LogP contribution in [-0.2, 0) is 17.8 Å². The van der Waals surface area contributed by atoms with E-state index in [2.05, 4.69) is 0 Å². The van der Waals surface area contributed by atoms with Crippen molar-refractivity contribution in [3.8, 4) is 11.5 Å². The summed E-state index contributed by atoms with van der Waals surface area (Å²) >= 11 is 0. The zero-order valence-corrected chi connectivity index (χ0v) is 10.8. The Morgan fingerprint density at radius 1 is 1.00 bits per heavy atom. The molecule has 0 radical (unpaired) electrons. The van der Waals surface area contributed by atoms with Gasteiger partial charge in [-0.3, -0.25) is 0 Å². The molecule has 1 aromatic carbocycles. The molecule has 0 saturated heterocycles. The smallest absolute Gasteiger partial charge is 0.166 e. The number of hydrogen-bond acceptors (Lipinski definition) is 4. The minimum absolute atomic E-state index is 0.511. The van der Waals surface area contributed by atoms with E-state index in [1.165, 1.54) is 0 Å². The highest BCUT2D eigenvalue weighted by Crippen LogP contribution is 2.35. The molecule has 96 valence electrons. The number of benzene rings is 1. The topological polar surface area (TPSA) is 53.7 Å². The summed E-state index contributed by atoms with van der Waals surface area (Å²) in [6.45, 7) is 1.18. The lowest BCUT2D eigenvalue weighted by Crippen LogP contribution is -2.04. The summed E-state index contributed by atoms with van der Waals surface area (Å²) in [7, 11) is 4.96. The third kappa shape index (κ3) is 3.35. The van der Waals surface area contributed by atoms with Crippen molar-refractivity contribution < 1.29 is 14.2 Å². The summed E-state index contributed by atoms with van der Waals surface area (Å²) in [4.78, 5) is 0. The molecule has 0 aromatic heterocycles. The van der Waals surface area contributed by atoms with Crippen molar-refractivity contribution in [1.82, 2.24) is 0 Å². The van der Waals surface area contributed by atoms with Gasteiger partial charge in [0.25, 0.3) is 0 Å². The Balaban J connectivity index is 3.08. The van der Waals surface area contributed by atoms with Crippen LogP contribution in [0.15, 0.2) is 12.1 Å². The molecule has 0 aliphatic rings. The standard InChI is InChI=1S/C13H21NO3/c1-15-9-11-7-6-10(5-4-8-14)12(16-2)13(11)17-3/h6-7H,4-5,8-9,14H2,1-3H3. The largest absolute Gasteiger partial charge is 0.493 e. The molecule has 0 aliphatic heterocycles. The zero-order chi connectivity index (χ0) is 12.7. The van der Waals surface area contributed by atoms with E-state index in [0.717, 1.165) is 35.5 Å². The molecule has 0 saturated carbocycles. The highest BCUT2D eigenvalue weighted by atomic mass is 16.5. The van der Waals surface area contributed by atoms with Crippen molar-refractivity contribution in [3.05, 3.63) is 23.3 Å². The lowest BCUT2D eigenvalue weighted by Gasteiger charge is -2.16. The number of aryl methyl sites for hydroxylation is 1. The maximum Gasteiger partial charge on any atom is 0.166 e. The molecular weight excluding hydrogens is 218 g/mol. The second-order valence-corrected chi connectivity index (χ2v) is 3.78. The van der Waals surface area contributed by atoms with Gasteiger partial charge >= 0.3 is 0 Å². The third-order valence-electron chi connectivity index (χ3n) is 2.63. The van der Waals surface area contributed by atoms with Crippen LogP contribution in [0.1, 0.15) is 17.5 Å². The van der Waals surface area contributed by atoms with E-state index in [1.807, 2.05) is 12.1 Å². The van der Waals surface area contributed by atoms with Crippen molar-refractivity contribution in [2.24, 2.45) is 5.73 Å². The molecule has 0 spiro atoms. The molecule has 1 aromatic rings. The normalized spacial score (nSPS) is 10.4. The predicted octanol–water partition coefficient (Wildman–Crippen LogP) is 1.74. The van der Waals surface area contributed by atoms with Crippen molar-refractivity contribution >= 4 is 0 Å². The molecule has 0 atom stereocenters. The van der Waals surface area contributed by atoms with Gasteiger partial charge in [-0.15, -0.1) is 0 Å². The lowest BCUT2D eigenvalue weighted by molar-refractivity contribution is 0.180. The fraction of sp³-hybridized carbons (Fsp3) is 0.538. The molecule has 1 rings (SSSR count). The van der Waals surface area contributed by atoms with Gasteiger partial charge in [0.05, 0.1) is 20.8 Å². The average molecular weight is 239 g/mol. The number of nitrogens with two attached hydrogens (primary N) is 1. The second kappa shape index (κ2) is 7.14. The van der Waals surface area contributed by atoms with Crippen LogP contribution in [-0.4, -0.2) is 27.9 Å². The van der Waals surface area contributed by atoms with E-state index in [4.69, 9.17) is 19.9 Å². The first-order valence-corrected chi connectivity index (χ1v) is 5.70. The SMILES string of the molecule is COCc1ccc(CCCN)c(OC)c1OC. The highest BCUT2D eigenvalue weighted by Gasteiger charge is 2.14. The summed E-state index contributed by atoms with van der Waals surface area (Å²) < 4.78 is 16.0. The quantitative estimate of drug-likeness (QED) is 0.787. The van der Waals surface area contributed by atoms with E-state index in [-0.39, 0.29) is 0 Å². The van der Waals surface area contributed by atoms with Crippen LogP contribution in [0, 0.1) is 0 Å².